The molecule has 1 aliphatic heterocycles. The molecule has 29 heavy (non-hydrogen) atoms. The number of amides is 3. The van der Waals surface area contributed by atoms with Gasteiger partial charge in [0.25, 0.3) is 0 Å². The number of carbonyl (C=O) groups excluding carboxylic acids is 3. The van der Waals surface area contributed by atoms with Gasteiger partial charge in [-0.2, -0.15) is 0 Å². The van der Waals surface area contributed by atoms with E-state index in [4.69, 9.17) is 4.74 Å². The topological polar surface area (TPSA) is 91.0 Å². The molecule has 0 bridgehead atoms. The number of likely N-dealkylation sites (N-methyl/N-ethyl adjacent to an activating group) is 1. The van der Waals surface area contributed by atoms with Crippen LogP contribution >= 0.6 is 0 Å². The van der Waals surface area contributed by atoms with E-state index in [0.717, 1.165) is 0 Å². The van der Waals surface area contributed by atoms with Gasteiger partial charge in [-0.05, 0) is 50.4 Å². The van der Waals surface area contributed by atoms with Gasteiger partial charge in [0.15, 0.2) is 0 Å². The lowest BCUT2D eigenvalue weighted by Crippen LogP contribution is -2.51. The third-order valence-electron chi connectivity index (χ3n) is 4.82. The van der Waals surface area contributed by atoms with Gasteiger partial charge in [-0.25, -0.2) is 0 Å². The third kappa shape index (κ3) is 4.72. The molecular weight excluding hydrogens is 372 g/mol. The molecule has 1 heterocycles. The van der Waals surface area contributed by atoms with Gasteiger partial charge in [-0.3, -0.25) is 24.2 Å². The molecule has 0 radical (unpaired) electrons. The molecule has 0 fully saturated rings. The first-order valence-electron chi connectivity index (χ1n) is 9.23. The molecule has 8 nitrogen and oxygen atoms in total. The number of ether oxygens (including phenoxy) is 1. The van der Waals surface area contributed by atoms with Crippen molar-refractivity contribution in [3.05, 3.63) is 48.5 Å². The fourth-order valence-electron chi connectivity index (χ4n) is 3.08. The van der Waals surface area contributed by atoms with Gasteiger partial charge in [0.2, 0.25) is 17.7 Å². The molecule has 152 valence electrons. The molecule has 0 spiro atoms. The SMILES string of the molecule is COc1ccc(NC(=O)CN(C)[C@H](C)C(=O)N2CC(=O)Nc3ccccc32)cc1. The summed E-state index contributed by atoms with van der Waals surface area (Å²) in [6.07, 6.45) is 0. The van der Waals surface area contributed by atoms with Gasteiger partial charge in [0, 0.05) is 5.69 Å². The lowest BCUT2D eigenvalue weighted by Gasteiger charge is -2.33. The zero-order chi connectivity index (χ0) is 21.0. The van der Waals surface area contributed by atoms with Crippen molar-refractivity contribution in [2.24, 2.45) is 0 Å². The van der Waals surface area contributed by atoms with Crippen molar-refractivity contribution in [3.63, 3.8) is 0 Å². The van der Waals surface area contributed by atoms with Crippen molar-refractivity contribution in [2.45, 2.75) is 13.0 Å². The number of methoxy groups -OCH3 is 1. The largest absolute Gasteiger partial charge is 0.497 e. The molecule has 0 saturated heterocycles. The maximum atomic E-state index is 13.0. The quantitative estimate of drug-likeness (QED) is 0.779. The first kappa shape index (κ1) is 20.3. The number of benzene rings is 2. The molecule has 3 amide bonds. The van der Waals surface area contributed by atoms with E-state index < -0.39 is 6.04 Å². The maximum absolute atomic E-state index is 13.0. The van der Waals surface area contributed by atoms with Gasteiger partial charge in [0.1, 0.15) is 12.3 Å². The van der Waals surface area contributed by atoms with Gasteiger partial charge in [-0.15, -0.1) is 0 Å². The molecule has 3 rings (SSSR count). The number of fused-ring (bicyclic) bond motifs is 1. The molecule has 1 aliphatic rings. The molecule has 0 aromatic heterocycles. The Hall–Kier alpha value is -3.39. The Balaban J connectivity index is 1.63. The van der Waals surface area contributed by atoms with Crippen LogP contribution in [0.4, 0.5) is 17.1 Å². The molecular formula is C21H24N4O4. The highest BCUT2D eigenvalue weighted by Gasteiger charge is 2.31. The average Bonchev–Trinajstić information content (AvgIpc) is 2.72. The zero-order valence-electron chi connectivity index (χ0n) is 16.6. The molecule has 2 aromatic rings. The number of carbonyl (C=O) groups is 3. The third-order valence-corrected chi connectivity index (χ3v) is 4.82. The second-order valence-corrected chi connectivity index (χ2v) is 6.86. The van der Waals surface area contributed by atoms with Crippen LogP contribution in [0, 0.1) is 0 Å². The van der Waals surface area contributed by atoms with E-state index in [2.05, 4.69) is 10.6 Å². The Morgan fingerprint density at radius 2 is 1.90 bits per heavy atom. The van der Waals surface area contributed by atoms with E-state index >= 15 is 0 Å². The highest BCUT2D eigenvalue weighted by Crippen LogP contribution is 2.29. The monoisotopic (exact) mass is 396 g/mol. The zero-order valence-corrected chi connectivity index (χ0v) is 16.6. The number of para-hydroxylation sites is 2. The van der Waals surface area contributed by atoms with Gasteiger partial charge >= 0.3 is 0 Å². The first-order chi connectivity index (χ1) is 13.9. The Morgan fingerprint density at radius 1 is 1.21 bits per heavy atom. The second kappa shape index (κ2) is 8.74. The van der Waals surface area contributed by atoms with E-state index in [-0.39, 0.29) is 30.8 Å². The van der Waals surface area contributed by atoms with Crippen molar-refractivity contribution < 1.29 is 19.1 Å². The number of hydrogen-bond acceptors (Lipinski definition) is 5. The fraction of sp³-hybridized carbons (Fsp3) is 0.286. The summed E-state index contributed by atoms with van der Waals surface area (Å²) < 4.78 is 5.10. The standard InChI is InChI=1S/C21H24N4O4/c1-14(21(28)25-13-20(27)23-17-6-4-5-7-18(17)25)24(2)12-19(26)22-15-8-10-16(29-3)11-9-15/h4-11,14H,12-13H2,1-3H3,(H,22,26)(H,23,27)/t14-/m1/s1. The van der Waals surface area contributed by atoms with E-state index in [1.54, 1.807) is 68.4 Å². The van der Waals surface area contributed by atoms with E-state index in [1.807, 2.05) is 6.07 Å². The maximum Gasteiger partial charge on any atom is 0.244 e. The Kier molecular flexibility index (Phi) is 6.13. The Labute approximate surface area is 169 Å². The van der Waals surface area contributed by atoms with Crippen molar-refractivity contribution in [3.8, 4) is 5.75 Å². The summed E-state index contributed by atoms with van der Waals surface area (Å²) in [6, 6.07) is 13.6. The van der Waals surface area contributed by atoms with Crippen LogP contribution in [0.15, 0.2) is 48.5 Å². The molecule has 8 heteroatoms. The molecule has 1 atom stereocenters. The second-order valence-electron chi connectivity index (χ2n) is 6.86. The van der Waals surface area contributed by atoms with Crippen LogP contribution in [0.3, 0.4) is 0 Å². The van der Waals surface area contributed by atoms with Crippen molar-refractivity contribution in [2.75, 3.05) is 42.8 Å². The summed E-state index contributed by atoms with van der Waals surface area (Å²) in [4.78, 5) is 40.4. The van der Waals surface area contributed by atoms with Crippen molar-refractivity contribution in [1.82, 2.24) is 4.90 Å². The fourth-order valence-corrected chi connectivity index (χ4v) is 3.08. The summed E-state index contributed by atoms with van der Waals surface area (Å²) in [5, 5.41) is 5.56. The Bertz CT molecular complexity index is 913. The van der Waals surface area contributed by atoms with Gasteiger partial charge < -0.3 is 15.4 Å². The number of anilines is 3. The summed E-state index contributed by atoms with van der Waals surface area (Å²) in [7, 11) is 3.28. The summed E-state index contributed by atoms with van der Waals surface area (Å²) in [5.41, 5.74) is 1.90. The molecule has 2 aromatic carbocycles. The summed E-state index contributed by atoms with van der Waals surface area (Å²) >= 11 is 0. The predicted molar refractivity (Wildman–Crippen MR) is 111 cm³/mol. The minimum absolute atomic E-state index is 0.0284. The molecule has 0 saturated carbocycles. The van der Waals surface area contributed by atoms with Gasteiger partial charge in [-0.1, -0.05) is 12.1 Å². The molecule has 2 N–H and O–H groups in total. The lowest BCUT2D eigenvalue weighted by atomic mass is 10.1. The average molecular weight is 396 g/mol. The molecule has 0 aliphatic carbocycles. The van der Waals surface area contributed by atoms with Gasteiger partial charge in [0.05, 0.1) is 31.1 Å². The van der Waals surface area contributed by atoms with Crippen molar-refractivity contribution >= 4 is 34.8 Å². The van der Waals surface area contributed by atoms with Crippen LogP contribution in [0.1, 0.15) is 6.92 Å². The number of nitrogens with zero attached hydrogens (tertiary/aromatic N) is 2. The first-order valence-corrected chi connectivity index (χ1v) is 9.23. The Morgan fingerprint density at radius 3 is 2.59 bits per heavy atom. The number of nitrogens with one attached hydrogen (secondary N) is 2. The minimum Gasteiger partial charge on any atom is -0.497 e. The van der Waals surface area contributed by atoms with Crippen LogP contribution in [0.5, 0.6) is 5.75 Å². The number of hydrogen-bond donors (Lipinski definition) is 2. The van der Waals surface area contributed by atoms with Crippen LogP contribution in [-0.2, 0) is 14.4 Å². The predicted octanol–water partition coefficient (Wildman–Crippen LogP) is 1.94. The van der Waals surface area contributed by atoms with Crippen LogP contribution in [0.25, 0.3) is 0 Å². The summed E-state index contributed by atoms with van der Waals surface area (Å²) in [6.45, 7) is 1.70. The highest BCUT2D eigenvalue weighted by atomic mass is 16.5. The number of rotatable bonds is 6. The lowest BCUT2D eigenvalue weighted by molar-refractivity contribution is -0.126. The van der Waals surface area contributed by atoms with Crippen LogP contribution < -0.4 is 20.3 Å². The van der Waals surface area contributed by atoms with Crippen LogP contribution in [0.2, 0.25) is 0 Å². The summed E-state index contributed by atoms with van der Waals surface area (Å²) in [5.74, 6) is -0.0320. The molecule has 0 unspecified atom stereocenters. The van der Waals surface area contributed by atoms with E-state index in [0.29, 0.717) is 22.8 Å². The highest BCUT2D eigenvalue weighted by molar-refractivity contribution is 6.11. The van der Waals surface area contributed by atoms with E-state index in [1.165, 1.54) is 4.90 Å². The smallest absolute Gasteiger partial charge is 0.244 e. The minimum atomic E-state index is -0.587. The van der Waals surface area contributed by atoms with E-state index in [9.17, 15) is 14.4 Å². The van der Waals surface area contributed by atoms with Crippen molar-refractivity contribution in [1.29, 1.82) is 0 Å². The normalized spacial score (nSPS) is 14.1. The van der Waals surface area contributed by atoms with Crippen LogP contribution in [-0.4, -0.2) is 55.9 Å².